The van der Waals surface area contributed by atoms with Gasteiger partial charge in [-0.3, -0.25) is 9.89 Å². The van der Waals surface area contributed by atoms with Crippen LogP contribution in [-0.4, -0.2) is 36.0 Å². The van der Waals surface area contributed by atoms with E-state index in [2.05, 4.69) is 15.5 Å². The maximum atomic E-state index is 12.5. The Kier molecular flexibility index (Phi) is 5.43. The van der Waals surface area contributed by atoms with Crippen LogP contribution in [0.25, 0.3) is 0 Å². The van der Waals surface area contributed by atoms with E-state index in [9.17, 15) is 13.2 Å². The standard InChI is InChI=1S/C17H23N3O3S/c1-5-14-10-15(20-19-14)17(21)18-16(12(3)24(4,22)23)13-8-6-11(2)7-9-13/h6-10,12,16H,5H2,1-4H3,(H,18,21)(H,19,20)/t12-,16-/m0/s1. The van der Waals surface area contributed by atoms with Crippen LogP contribution in [0.2, 0.25) is 0 Å². The summed E-state index contributed by atoms with van der Waals surface area (Å²) in [6.07, 6.45) is 1.91. The third-order valence-corrected chi connectivity index (χ3v) is 5.74. The highest BCUT2D eigenvalue weighted by molar-refractivity contribution is 7.91. The zero-order valence-electron chi connectivity index (χ0n) is 14.3. The molecule has 0 bridgehead atoms. The molecule has 0 saturated carbocycles. The number of rotatable bonds is 6. The van der Waals surface area contributed by atoms with E-state index in [0.29, 0.717) is 0 Å². The highest BCUT2D eigenvalue weighted by atomic mass is 32.2. The van der Waals surface area contributed by atoms with Crippen molar-refractivity contribution in [1.82, 2.24) is 15.5 Å². The Morgan fingerprint density at radius 3 is 2.42 bits per heavy atom. The van der Waals surface area contributed by atoms with E-state index in [4.69, 9.17) is 0 Å². The molecule has 2 atom stereocenters. The van der Waals surface area contributed by atoms with E-state index in [-0.39, 0.29) is 5.69 Å². The summed E-state index contributed by atoms with van der Waals surface area (Å²) in [7, 11) is -3.33. The molecule has 6 nitrogen and oxygen atoms in total. The molecule has 0 aliphatic carbocycles. The molecule has 130 valence electrons. The number of carbonyl (C=O) groups excluding carboxylic acids is 1. The highest BCUT2D eigenvalue weighted by Gasteiger charge is 2.29. The Balaban J connectivity index is 2.32. The molecule has 2 N–H and O–H groups in total. The molecule has 0 saturated heterocycles. The normalized spacial score (nSPS) is 14.2. The molecule has 0 radical (unpaired) electrons. The van der Waals surface area contributed by atoms with Crippen molar-refractivity contribution in [1.29, 1.82) is 0 Å². The topological polar surface area (TPSA) is 91.9 Å². The maximum Gasteiger partial charge on any atom is 0.272 e. The fourth-order valence-electron chi connectivity index (χ4n) is 2.37. The van der Waals surface area contributed by atoms with Gasteiger partial charge in [-0.25, -0.2) is 8.42 Å². The molecule has 0 aliphatic heterocycles. The van der Waals surface area contributed by atoms with Gasteiger partial charge in [-0.05, 0) is 31.9 Å². The van der Waals surface area contributed by atoms with Crippen molar-refractivity contribution in [3.8, 4) is 0 Å². The molecule has 2 aromatic rings. The van der Waals surface area contributed by atoms with Gasteiger partial charge >= 0.3 is 0 Å². The number of aromatic amines is 1. The summed E-state index contributed by atoms with van der Waals surface area (Å²) >= 11 is 0. The fraction of sp³-hybridized carbons (Fsp3) is 0.412. The average Bonchev–Trinajstić information content (AvgIpc) is 3.01. The Bertz CT molecular complexity index is 810. The van der Waals surface area contributed by atoms with Gasteiger partial charge in [0.25, 0.3) is 5.91 Å². The smallest absolute Gasteiger partial charge is 0.272 e. The van der Waals surface area contributed by atoms with Crippen molar-refractivity contribution >= 4 is 15.7 Å². The van der Waals surface area contributed by atoms with Crippen molar-refractivity contribution in [2.75, 3.05) is 6.26 Å². The lowest BCUT2D eigenvalue weighted by Gasteiger charge is -2.24. The summed E-state index contributed by atoms with van der Waals surface area (Å²) in [6, 6.07) is 8.50. The summed E-state index contributed by atoms with van der Waals surface area (Å²) in [6.45, 7) is 5.51. The van der Waals surface area contributed by atoms with E-state index in [0.717, 1.165) is 23.2 Å². The van der Waals surface area contributed by atoms with Gasteiger partial charge < -0.3 is 5.32 Å². The third kappa shape index (κ3) is 4.23. The van der Waals surface area contributed by atoms with Gasteiger partial charge in [-0.15, -0.1) is 0 Å². The van der Waals surface area contributed by atoms with E-state index in [1.165, 1.54) is 6.26 Å². The first-order chi connectivity index (χ1) is 11.2. The maximum absolute atomic E-state index is 12.5. The van der Waals surface area contributed by atoms with Crippen LogP contribution in [0.4, 0.5) is 0 Å². The summed E-state index contributed by atoms with van der Waals surface area (Å²) in [5, 5.41) is 8.83. The second-order valence-electron chi connectivity index (χ2n) is 6.03. The van der Waals surface area contributed by atoms with Crippen molar-refractivity contribution in [3.63, 3.8) is 0 Å². The molecular formula is C17H23N3O3S. The number of carbonyl (C=O) groups is 1. The number of sulfone groups is 1. The second-order valence-corrected chi connectivity index (χ2v) is 8.43. The number of nitrogens with one attached hydrogen (secondary N) is 2. The van der Waals surface area contributed by atoms with Crippen molar-refractivity contribution in [2.24, 2.45) is 0 Å². The molecular weight excluding hydrogens is 326 g/mol. The zero-order chi connectivity index (χ0) is 17.9. The van der Waals surface area contributed by atoms with Gasteiger partial charge in [0.05, 0.1) is 11.3 Å². The lowest BCUT2D eigenvalue weighted by atomic mass is 10.0. The molecule has 1 heterocycles. The molecule has 2 rings (SSSR count). The molecule has 24 heavy (non-hydrogen) atoms. The van der Waals surface area contributed by atoms with Crippen LogP contribution in [0.1, 0.15) is 47.2 Å². The lowest BCUT2D eigenvalue weighted by molar-refractivity contribution is 0.0931. The van der Waals surface area contributed by atoms with Crippen LogP contribution in [0.3, 0.4) is 0 Å². The molecule has 7 heteroatoms. The number of benzene rings is 1. The number of nitrogens with zero attached hydrogens (tertiary/aromatic N) is 1. The van der Waals surface area contributed by atoms with Gasteiger partial charge in [0.15, 0.2) is 9.84 Å². The van der Waals surface area contributed by atoms with Gasteiger partial charge in [-0.2, -0.15) is 5.10 Å². The predicted molar refractivity (Wildman–Crippen MR) is 93.7 cm³/mol. The van der Waals surface area contributed by atoms with Crippen molar-refractivity contribution in [3.05, 3.63) is 52.8 Å². The van der Waals surface area contributed by atoms with Gasteiger partial charge in [0.1, 0.15) is 5.69 Å². The second kappa shape index (κ2) is 7.17. The number of amides is 1. The molecule has 1 aromatic carbocycles. The SMILES string of the molecule is CCc1cc(C(=O)N[C@H](c2ccc(C)cc2)[C@H](C)S(C)(=O)=O)n[nH]1. The van der Waals surface area contributed by atoms with Crippen LogP contribution in [0, 0.1) is 6.92 Å². The summed E-state index contributed by atoms with van der Waals surface area (Å²) in [4.78, 5) is 12.5. The van der Waals surface area contributed by atoms with Crippen LogP contribution < -0.4 is 5.32 Å². The first-order valence-electron chi connectivity index (χ1n) is 7.83. The van der Waals surface area contributed by atoms with Gasteiger partial charge in [0.2, 0.25) is 0 Å². The molecule has 1 aromatic heterocycles. The molecule has 0 unspecified atom stereocenters. The lowest BCUT2D eigenvalue weighted by Crippen LogP contribution is -2.38. The first kappa shape index (κ1) is 18.2. The number of H-pyrrole nitrogens is 1. The Labute approximate surface area is 142 Å². The van der Waals surface area contributed by atoms with Crippen molar-refractivity contribution < 1.29 is 13.2 Å². The summed E-state index contributed by atoms with van der Waals surface area (Å²) in [5.41, 5.74) is 2.92. The fourth-order valence-corrected chi connectivity index (χ4v) is 3.09. The van der Waals surface area contributed by atoms with E-state index < -0.39 is 27.0 Å². The van der Waals surface area contributed by atoms with Gasteiger partial charge in [0, 0.05) is 11.9 Å². The minimum atomic E-state index is -3.33. The quantitative estimate of drug-likeness (QED) is 0.836. The Morgan fingerprint density at radius 2 is 1.92 bits per heavy atom. The van der Waals surface area contributed by atoms with Crippen molar-refractivity contribution in [2.45, 2.75) is 38.5 Å². The number of hydrogen-bond acceptors (Lipinski definition) is 4. The van der Waals surface area contributed by atoms with Crippen LogP contribution in [0.15, 0.2) is 30.3 Å². The van der Waals surface area contributed by atoms with Crippen LogP contribution >= 0.6 is 0 Å². The first-order valence-corrected chi connectivity index (χ1v) is 9.78. The van der Waals surface area contributed by atoms with Crippen LogP contribution in [0.5, 0.6) is 0 Å². The molecule has 1 amide bonds. The largest absolute Gasteiger partial charge is 0.343 e. The summed E-state index contributed by atoms with van der Waals surface area (Å²) in [5.74, 6) is -0.396. The van der Waals surface area contributed by atoms with Crippen LogP contribution in [-0.2, 0) is 16.3 Å². The summed E-state index contributed by atoms with van der Waals surface area (Å²) < 4.78 is 24.0. The number of aromatic nitrogens is 2. The zero-order valence-corrected chi connectivity index (χ0v) is 15.1. The Morgan fingerprint density at radius 1 is 1.29 bits per heavy atom. The third-order valence-electron chi connectivity index (χ3n) is 4.11. The van der Waals surface area contributed by atoms with Gasteiger partial charge in [-0.1, -0.05) is 36.8 Å². The molecule has 0 fully saturated rings. The monoisotopic (exact) mass is 349 g/mol. The highest BCUT2D eigenvalue weighted by Crippen LogP contribution is 2.23. The minimum Gasteiger partial charge on any atom is -0.343 e. The molecule has 0 aliphatic rings. The van der Waals surface area contributed by atoms with E-state index >= 15 is 0 Å². The van der Waals surface area contributed by atoms with E-state index in [1.807, 2.05) is 38.1 Å². The number of aryl methyl sites for hydroxylation is 2. The predicted octanol–water partition coefficient (Wildman–Crippen LogP) is 2.18. The minimum absolute atomic E-state index is 0.254. The number of hydrogen-bond donors (Lipinski definition) is 2. The molecule has 0 spiro atoms. The van der Waals surface area contributed by atoms with E-state index in [1.54, 1.807) is 13.0 Å². The average molecular weight is 349 g/mol. The Hall–Kier alpha value is -2.15.